The summed E-state index contributed by atoms with van der Waals surface area (Å²) in [5.41, 5.74) is 6.01. The normalized spacial score (nSPS) is 29.5. The number of pyridine rings is 1. The van der Waals surface area contributed by atoms with Crippen LogP contribution < -0.4 is 11.1 Å². The molecule has 2 aliphatic heterocycles. The summed E-state index contributed by atoms with van der Waals surface area (Å²) in [7, 11) is 0. The molecular weight excluding hydrogens is 254 g/mol. The molecule has 3 atom stereocenters. The number of halogens is 1. The van der Waals surface area contributed by atoms with E-state index in [0.717, 1.165) is 19.3 Å². The van der Waals surface area contributed by atoms with Crippen molar-refractivity contribution in [2.24, 2.45) is 0 Å². The van der Waals surface area contributed by atoms with E-state index in [9.17, 15) is 4.79 Å². The highest BCUT2D eigenvalue weighted by Gasteiger charge is 2.41. The molecule has 1 aromatic heterocycles. The van der Waals surface area contributed by atoms with Crippen LogP contribution in [0.1, 0.15) is 29.6 Å². The van der Waals surface area contributed by atoms with Crippen LogP contribution >= 0.6 is 11.6 Å². The molecule has 0 aliphatic carbocycles. The highest BCUT2D eigenvalue weighted by atomic mass is 35.5. The minimum atomic E-state index is -0.174. The fourth-order valence-corrected chi connectivity index (χ4v) is 2.90. The maximum Gasteiger partial charge on any atom is 0.251 e. The summed E-state index contributed by atoms with van der Waals surface area (Å²) >= 11 is 5.78. The fourth-order valence-electron chi connectivity index (χ4n) is 2.69. The lowest BCUT2D eigenvalue weighted by molar-refractivity contribution is 0.0841. The van der Waals surface area contributed by atoms with Crippen LogP contribution in [0.3, 0.4) is 0 Å². The molecule has 2 bridgehead atoms. The lowest BCUT2D eigenvalue weighted by Crippen LogP contribution is -2.41. The van der Waals surface area contributed by atoms with Crippen LogP contribution in [0, 0.1) is 0 Å². The zero-order valence-electron chi connectivity index (χ0n) is 9.73. The van der Waals surface area contributed by atoms with Crippen LogP contribution in [0.2, 0.25) is 5.15 Å². The zero-order chi connectivity index (χ0) is 12.7. The number of rotatable bonds is 2. The summed E-state index contributed by atoms with van der Waals surface area (Å²) in [6, 6.07) is 3.14. The molecule has 2 saturated heterocycles. The van der Waals surface area contributed by atoms with Crippen molar-refractivity contribution in [3.05, 3.63) is 22.8 Å². The van der Waals surface area contributed by atoms with Crippen LogP contribution in [0.15, 0.2) is 12.1 Å². The second kappa shape index (κ2) is 4.40. The monoisotopic (exact) mass is 267 g/mol. The average molecular weight is 268 g/mol. The van der Waals surface area contributed by atoms with E-state index in [4.69, 9.17) is 22.1 Å². The first kappa shape index (κ1) is 11.7. The van der Waals surface area contributed by atoms with Gasteiger partial charge in [-0.3, -0.25) is 4.79 Å². The number of carbonyl (C=O) groups is 1. The largest absolute Gasteiger partial charge is 0.384 e. The van der Waals surface area contributed by atoms with E-state index in [1.165, 1.54) is 12.1 Å². The minimum absolute atomic E-state index is 0.101. The standard InChI is InChI=1S/C12H14ClN3O2/c13-10-3-6(4-11(14)16-10)12(17)15-8-5-7-1-2-9(8)18-7/h3-4,7-9H,1-2,5H2,(H2,14,16)(H,15,17). The molecule has 1 aromatic rings. The van der Waals surface area contributed by atoms with Crippen LogP contribution in [-0.4, -0.2) is 29.1 Å². The van der Waals surface area contributed by atoms with Gasteiger partial charge >= 0.3 is 0 Å². The molecule has 0 spiro atoms. The van der Waals surface area contributed by atoms with Crippen molar-refractivity contribution < 1.29 is 9.53 Å². The number of hydrogen-bond acceptors (Lipinski definition) is 4. The van der Waals surface area contributed by atoms with Crippen molar-refractivity contribution in [1.82, 2.24) is 10.3 Å². The predicted molar refractivity (Wildman–Crippen MR) is 67.4 cm³/mol. The third-order valence-electron chi connectivity index (χ3n) is 3.50. The second-order valence-corrected chi connectivity index (χ2v) is 5.18. The van der Waals surface area contributed by atoms with Gasteiger partial charge in [0.2, 0.25) is 0 Å². The number of fused-ring (bicyclic) bond motifs is 2. The molecule has 2 aliphatic rings. The number of nitrogens with one attached hydrogen (secondary N) is 1. The van der Waals surface area contributed by atoms with Gasteiger partial charge in [0, 0.05) is 5.56 Å². The zero-order valence-corrected chi connectivity index (χ0v) is 10.5. The van der Waals surface area contributed by atoms with E-state index in [1.807, 2.05) is 0 Å². The fraction of sp³-hybridized carbons (Fsp3) is 0.500. The molecule has 3 unspecified atom stereocenters. The van der Waals surface area contributed by atoms with Gasteiger partial charge in [-0.1, -0.05) is 11.6 Å². The van der Waals surface area contributed by atoms with Gasteiger partial charge in [0.05, 0.1) is 18.2 Å². The van der Waals surface area contributed by atoms with Crippen molar-refractivity contribution in [3.8, 4) is 0 Å². The molecule has 3 rings (SSSR count). The molecule has 0 aromatic carbocycles. The number of anilines is 1. The number of nitrogens with two attached hydrogens (primary N) is 1. The SMILES string of the molecule is Nc1cc(C(=O)NC2CC3CCC2O3)cc(Cl)n1. The number of nitrogen functional groups attached to an aromatic ring is 1. The number of hydrogen-bond donors (Lipinski definition) is 2. The first-order valence-electron chi connectivity index (χ1n) is 6.01. The summed E-state index contributed by atoms with van der Waals surface area (Å²) in [5.74, 6) is 0.0731. The van der Waals surface area contributed by atoms with Gasteiger partial charge in [0.25, 0.3) is 5.91 Å². The summed E-state index contributed by atoms with van der Waals surface area (Å²) in [6.45, 7) is 0. The Hall–Kier alpha value is -1.33. The Morgan fingerprint density at radius 1 is 1.50 bits per heavy atom. The maximum absolute atomic E-state index is 12.1. The third-order valence-corrected chi connectivity index (χ3v) is 3.69. The third kappa shape index (κ3) is 2.15. The van der Waals surface area contributed by atoms with Gasteiger partial charge in [0.15, 0.2) is 0 Å². The first-order chi connectivity index (χ1) is 8.61. The highest BCUT2D eigenvalue weighted by molar-refractivity contribution is 6.29. The van der Waals surface area contributed by atoms with Gasteiger partial charge in [-0.2, -0.15) is 0 Å². The van der Waals surface area contributed by atoms with Gasteiger partial charge in [0.1, 0.15) is 11.0 Å². The van der Waals surface area contributed by atoms with E-state index in [2.05, 4.69) is 10.3 Å². The summed E-state index contributed by atoms with van der Waals surface area (Å²) < 4.78 is 5.69. The van der Waals surface area contributed by atoms with Crippen molar-refractivity contribution in [2.45, 2.75) is 37.5 Å². The van der Waals surface area contributed by atoms with Crippen molar-refractivity contribution >= 4 is 23.3 Å². The van der Waals surface area contributed by atoms with E-state index < -0.39 is 0 Å². The van der Waals surface area contributed by atoms with Crippen LogP contribution in [0.5, 0.6) is 0 Å². The first-order valence-corrected chi connectivity index (χ1v) is 6.39. The Morgan fingerprint density at radius 3 is 2.94 bits per heavy atom. The topological polar surface area (TPSA) is 77.2 Å². The van der Waals surface area contributed by atoms with Gasteiger partial charge in [-0.15, -0.1) is 0 Å². The molecular formula is C12H14ClN3O2. The smallest absolute Gasteiger partial charge is 0.251 e. The lowest BCUT2D eigenvalue weighted by atomic mass is 9.95. The summed E-state index contributed by atoms with van der Waals surface area (Å²) in [6.07, 6.45) is 3.49. The number of ether oxygens (including phenoxy) is 1. The molecule has 3 N–H and O–H groups in total. The molecule has 0 saturated carbocycles. The van der Waals surface area contributed by atoms with E-state index >= 15 is 0 Å². The second-order valence-electron chi connectivity index (χ2n) is 4.79. The minimum Gasteiger partial charge on any atom is -0.384 e. The summed E-state index contributed by atoms with van der Waals surface area (Å²) in [5, 5.41) is 3.20. The van der Waals surface area contributed by atoms with Gasteiger partial charge < -0.3 is 15.8 Å². The maximum atomic E-state index is 12.1. The Kier molecular flexibility index (Phi) is 2.87. The number of amides is 1. The van der Waals surface area contributed by atoms with Crippen molar-refractivity contribution in [2.75, 3.05) is 5.73 Å². The Bertz CT molecular complexity index is 474. The predicted octanol–water partition coefficient (Wildman–Crippen LogP) is 1.37. The van der Waals surface area contributed by atoms with E-state index in [1.54, 1.807) is 0 Å². The van der Waals surface area contributed by atoms with Gasteiger partial charge in [-0.25, -0.2) is 4.98 Å². The molecule has 0 radical (unpaired) electrons. The average Bonchev–Trinajstić information content (AvgIpc) is 2.89. The quantitative estimate of drug-likeness (QED) is 0.794. The van der Waals surface area contributed by atoms with Crippen molar-refractivity contribution in [3.63, 3.8) is 0 Å². The van der Waals surface area contributed by atoms with Crippen LogP contribution in [-0.2, 0) is 4.74 Å². The molecule has 6 heteroatoms. The summed E-state index contributed by atoms with van der Waals surface area (Å²) in [4.78, 5) is 15.9. The Balaban J connectivity index is 1.71. The van der Waals surface area contributed by atoms with E-state index in [0.29, 0.717) is 11.7 Å². The number of nitrogens with zero attached hydrogens (tertiary/aromatic N) is 1. The molecule has 2 fully saturated rings. The number of aromatic nitrogens is 1. The molecule has 1 amide bonds. The Labute approximate surface area is 110 Å². The van der Waals surface area contributed by atoms with Crippen molar-refractivity contribution in [1.29, 1.82) is 0 Å². The molecule has 3 heterocycles. The van der Waals surface area contributed by atoms with Crippen LogP contribution in [0.25, 0.3) is 0 Å². The molecule has 96 valence electrons. The molecule has 18 heavy (non-hydrogen) atoms. The Morgan fingerprint density at radius 2 is 2.33 bits per heavy atom. The molecule has 5 nitrogen and oxygen atoms in total. The number of carbonyl (C=O) groups excluding carboxylic acids is 1. The highest BCUT2D eigenvalue weighted by Crippen LogP contribution is 2.34. The lowest BCUT2D eigenvalue weighted by Gasteiger charge is -2.20. The van der Waals surface area contributed by atoms with Gasteiger partial charge in [-0.05, 0) is 31.4 Å². The van der Waals surface area contributed by atoms with Crippen LogP contribution in [0.4, 0.5) is 5.82 Å². The van der Waals surface area contributed by atoms with E-state index in [-0.39, 0.29) is 29.0 Å².